The second kappa shape index (κ2) is 7.27. The number of amides is 1. The summed E-state index contributed by atoms with van der Waals surface area (Å²) in [6.07, 6.45) is 0.944. The molecule has 0 radical (unpaired) electrons. The van der Waals surface area contributed by atoms with E-state index in [1.54, 1.807) is 0 Å². The molecule has 0 aliphatic rings. The molecule has 0 aliphatic heterocycles. The molecule has 21 heavy (non-hydrogen) atoms. The van der Waals surface area contributed by atoms with Crippen molar-refractivity contribution in [2.45, 2.75) is 20.3 Å². The first-order valence-corrected chi connectivity index (χ1v) is 7.65. The zero-order valence-corrected chi connectivity index (χ0v) is 13.7. The Bertz CT molecular complexity index is 640. The fraction of sp³-hybridized carbons (Fsp3) is 0.235. The van der Waals surface area contributed by atoms with Crippen molar-refractivity contribution in [2.24, 2.45) is 0 Å². The summed E-state index contributed by atoms with van der Waals surface area (Å²) < 4.78 is 6.38. The largest absolute Gasteiger partial charge is 0.484 e. The molecule has 0 fully saturated rings. The third-order valence-electron chi connectivity index (χ3n) is 3.08. The Morgan fingerprint density at radius 1 is 1.24 bits per heavy atom. The van der Waals surface area contributed by atoms with Crippen molar-refractivity contribution in [3.05, 3.63) is 58.1 Å². The van der Waals surface area contributed by atoms with Gasteiger partial charge in [-0.2, -0.15) is 0 Å². The van der Waals surface area contributed by atoms with E-state index in [9.17, 15) is 4.79 Å². The average molecular weight is 348 g/mol. The summed E-state index contributed by atoms with van der Waals surface area (Å²) in [5, 5.41) is 2.83. The van der Waals surface area contributed by atoms with Crippen molar-refractivity contribution in [3.63, 3.8) is 0 Å². The third-order valence-corrected chi connectivity index (χ3v) is 3.73. The molecule has 4 heteroatoms. The van der Waals surface area contributed by atoms with Crippen LogP contribution in [0.3, 0.4) is 0 Å². The molecule has 2 aromatic rings. The third kappa shape index (κ3) is 4.60. The highest BCUT2D eigenvalue weighted by Crippen LogP contribution is 2.23. The fourth-order valence-corrected chi connectivity index (χ4v) is 2.50. The van der Waals surface area contributed by atoms with Crippen LogP contribution in [0.25, 0.3) is 0 Å². The molecule has 0 heterocycles. The van der Waals surface area contributed by atoms with Crippen LogP contribution in [0, 0.1) is 6.92 Å². The lowest BCUT2D eigenvalue weighted by atomic mass is 10.2. The van der Waals surface area contributed by atoms with Gasteiger partial charge in [0.1, 0.15) is 5.75 Å². The Balaban J connectivity index is 1.92. The number of rotatable bonds is 5. The summed E-state index contributed by atoms with van der Waals surface area (Å²) in [5.74, 6) is 0.536. The zero-order valence-electron chi connectivity index (χ0n) is 12.2. The van der Waals surface area contributed by atoms with E-state index in [2.05, 4.69) is 28.2 Å². The monoisotopic (exact) mass is 347 g/mol. The fourth-order valence-electron chi connectivity index (χ4n) is 1.91. The molecule has 2 aromatic carbocycles. The molecular formula is C17H18BrNO2. The number of aryl methyl sites for hydroxylation is 2. The maximum atomic E-state index is 11.9. The molecule has 0 saturated carbocycles. The van der Waals surface area contributed by atoms with E-state index in [1.165, 1.54) is 5.56 Å². The Labute approximate surface area is 133 Å². The van der Waals surface area contributed by atoms with Crippen LogP contribution in [0.4, 0.5) is 5.69 Å². The minimum atomic E-state index is -0.179. The lowest BCUT2D eigenvalue weighted by Crippen LogP contribution is -2.20. The van der Waals surface area contributed by atoms with Crippen LogP contribution in [-0.2, 0) is 11.2 Å². The predicted molar refractivity (Wildman–Crippen MR) is 88.8 cm³/mol. The van der Waals surface area contributed by atoms with Crippen molar-refractivity contribution in [3.8, 4) is 5.75 Å². The van der Waals surface area contributed by atoms with E-state index >= 15 is 0 Å². The minimum absolute atomic E-state index is 0.00646. The number of nitrogens with one attached hydrogen (secondary N) is 1. The van der Waals surface area contributed by atoms with E-state index in [0.717, 1.165) is 22.1 Å². The van der Waals surface area contributed by atoms with E-state index in [1.807, 2.05) is 49.4 Å². The van der Waals surface area contributed by atoms with Gasteiger partial charge in [0.25, 0.3) is 5.91 Å². The second-order valence-electron chi connectivity index (χ2n) is 4.82. The van der Waals surface area contributed by atoms with Gasteiger partial charge in [-0.1, -0.05) is 25.1 Å². The minimum Gasteiger partial charge on any atom is -0.484 e. The summed E-state index contributed by atoms with van der Waals surface area (Å²) >= 11 is 3.43. The van der Waals surface area contributed by atoms with Crippen LogP contribution in [-0.4, -0.2) is 12.5 Å². The molecule has 1 amide bonds. The molecule has 0 saturated heterocycles. The topological polar surface area (TPSA) is 38.3 Å². The molecule has 0 bridgehead atoms. The lowest BCUT2D eigenvalue weighted by Gasteiger charge is -2.10. The van der Waals surface area contributed by atoms with Gasteiger partial charge in [-0.15, -0.1) is 0 Å². The van der Waals surface area contributed by atoms with Gasteiger partial charge in [0.2, 0.25) is 0 Å². The highest BCUT2D eigenvalue weighted by Gasteiger charge is 2.07. The summed E-state index contributed by atoms with van der Waals surface area (Å²) in [7, 11) is 0. The quantitative estimate of drug-likeness (QED) is 0.873. The van der Waals surface area contributed by atoms with Crippen molar-refractivity contribution >= 4 is 27.5 Å². The van der Waals surface area contributed by atoms with Crippen LogP contribution in [0.1, 0.15) is 18.1 Å². The molecule has 1 N–H and O–H groups in total. The first kappa shape index (κ1) is 15.6. The number of hydrogen-bond acceptors (Lipinski definition) is 2. The normalized spacial score (nSPS) is 10.2. The molecule has 0 atom stereocenters. The molecule has 0 spiro atoms. The Morgan fingerprint density at radius 3 is 2.76 bits per heavy atom. The van der Waals surface area contributed by atoms with Gasteiger partial charge in [-0.3, -0.25) is 4.79 Å². The van der Waals surface area contributed by atoms with E-state index in [-0.39, 0.29) is 12.5 Å². The molecule has 110 valence electrons. The molecule has 0 aliphatic carbocycles. The predicted octanol–water partition coefficient (Wildman–Crippen LogP) is 4.34. The highest BCUT2D eigenvalue weighted by molar-refractivity contribution is 9.10. The smallest absolute Gasteiger partial charge is 0.262 e. The number of ether oxygens (including phenoxy) is 1. The van der Waals surface area contributed by atoms with Gasteiger partial charge in [-0.05, 0) is 64.7 Å². The summed E-state index contributed by atoms with van der Waals surface area (Å²) in [5.41, 5.74) is 3.07. The van der Waals surface area contributed by atoms with Crippen LogP contribution < -0.4 is 10.1 Å². The van der Waals surface area contributed by atoms with Crippen LogP contribution >= 0.6 is 15.9 Å². The SMILES string of the molecule is CCc1cccc(OCC(=O)Nc2ccc(C)cc2Br)c1. The zero-order chi connectivity index (χ0) is 15.2. The van der Waals surface area contributed by atoms with E-state index in [0.29, 0.717) is 5.75 Å². The lowest BCUT2D eigenvalue weighted by molar-refractivity contribution is -0.118. The number of carbonyl (C=O) groups excluding carboxylic acids is 1. The van der Waals surface area contributed by atoms with Gasteiger partial charge in [0.15, 0.2) is 6.61 Å². The molecule has 2 rings (SSSR count). The van der Waals surface area contributed by atoms with Gasteiger partial charge < -0.3 is 10.1 Å². The summed E-state index contributed by atoms with van der Waals surface area (Å²) in [4.78, 5) is 11.9. The standard InChI is InChI=1S/C17H18BrNO2/c1-3-13-5-4-6-14(10-13)21-11-17(20)19-16-8-7-12(2)9-15(16)18/h4-10H,3,11H2,1-2H3,(H,19,20). The van der Waals surface area contributed by atoms with E-state index < -0.39 is 0 Å². The van der Waals surface area contributed by atoms with Crippen LogP contribution in [0.15, 0.2) is 46.9 Å². The first-order valence-electron chi connectivity index (χ1n) is 6.86. The molecule has 0 unspecified atom stereocenters. The first-order chi connectivity index (χ1) is 10.1. The highest BCUT2D eigenvalue weighted by atomic mass is 79.9. The summed E-state index contributed by atoms with van der Waals surface area (Å²) in [6, 6.07) is 13.6. The maximum Gasteiger partial charge on any atom is 0.262 e. The average Bonchev–Trinajstić information content (AvgIpc) is 2.48. The van der Waals surface area contributed by atoms with E-state index in [4.69, 9.17) is 4.74 Å². The Hall–Kier alpha value is -1.81. The maximum absolute atomic E-state index is 11.9. The van der Waals surface area contributed by atoms with Crippen LogP contribution in [0.2, 0.25) is 0 Å². The molecular weight excluding hydrogens is 330 g/mol. The number of carbonyl (C=O) groups is 1. The number of hydrogen-bond donors (Lipinski definition) is 1. The molecule has 0 aromatic heterocycles. The number of anilines is 1. The van der Waals surface area contributed by atoms with Gasteiger partial charge in [-0.25, -0.2) is 0 Å². The van der Waals surface area contributed by atoms with Gasteiger partial charge in [0.05, 0.1) is 5.69 Å². The van der Waals surface area contributed by atoms with Crippen molar-refractivity contribution in [2.75, 3.05) is 11.9 Å². The summed E-state index contributed by atoms with van der Waals surface area (Å²) in [6.45, 7) is 4.08. The second-order valence-corrected chi connectivity index (χ2v) is 5.68. The van der Waals surface area contributed by atoms with Gasteiger partial charge in [0, 0.05) is 4.47 Å². The molecule has 3 nitrogen and oxygen atoms in total. The van der Waals surface area contributed by atoms with Crippen LogP contribution in [0.5, 0.6) is 5.75 Å². The number of benzene rings is 2. The Kier molecular flexibility index (Phi) is 5.39. The van der Waals surface area contributed by atoms with Crippen molar-refractivity contribution < 1.29 is 9.53 Å². The van der Waals surface area contributed by atoms with Crippen molar-refractivity contribution in [1.29, 1.82) is 0 Å². The van der Waals surface area contributed by atoms with Gasteiger partial charge >= 0.3 is 0 Å². The number of halogens is 1. The Morgan fingerprint density at radius 2 is 2.05 bits per heavy atom. The van der Waals surface area contributed by atoms with Crippen molar-refractivity contribution in [1.82, 2.24) is 0 Å².